The van der Waals surface area contributed by atoms with E-state index in [1.165, 1.54) is 12.3 Å². The molecule has 0 saturated carbocycles. The van der Waals surface area contributed by atoms with Crippen molar-refractivity contribution in [2.45, 2.75) is 0 Å². The van der Waals surface area contributed by atoms with Crippen LogP contribution in [0.2, 0.25) is 0 Å². The van der Waals surface area contributed by atoms with Gasteiger partial charge in [0.1, 0.15) is 0 Å². The zero-order valence-corrected chi connectivity index (χ0v) is 12.9. The Labute approximate surface area is 137 Å². The van der Waals surface area contributed by atoms with Gasteiger partial charge in [0.15, 0.2) is 5.69 Å². The Morgan fingerprint density at radius 2 is 1.92 bits per heavy atom. The van der Waals surface area contributed by atoms with Crippen LogP contribution in [0.4, 0.5) is 11.6 Å². The Hall–Kier alpha value is -3.16. The molecule has 0 bridgehead atoms. The average molecular weight is 324 g/mol. The first kappa shape index (κ1) is 14.4. The number of benzene rings is 1. The molecular weight excluding hydrogens is 308 g/mol. The highest BCUT2D eigenvalue weighted by Crippen LogP contribution is 2.26. The van der Waals surface area contributed by atoms with Crippen molar-refractivity contribution in [1.29, 1.82) is 0 Å². The van der Waals surface area contributed by atoms with E-state index in [1.807, 2.05) is 23.2 Å². The van der Waals surface area contributed by atoms with E-state index in [9.17, 15) is 4.79 Å². The normalized spacial score (nSPS) is 15.0. The van der Waals surface area contributed by atoms with Crippen molar-refractivity contribution in [1.82, 2.24) is 20.2 Å². The molecule has 2 N–H and O–H groups in total. The van der Waals surface area contributed by atoms with Crippen LogP contribution in [0.5, 0.6) is 0 Å². The minimum Gasteiger partial charge on any atom is -0.477 e. The summed E-state index contributed by atoms with van der Waals surface area (Å²) in [4.78, 5) is 23.7. The predicted octanol–water partition coefficient (Wildman–Crippen LogP) is 1.38. The maximum absolute atomic E-state index is 11.0. The maximum Gasteiger partial charge on any atom is 0.354 e. The number of aromatic carboxylic acids is 1. The lowest BCUT2D eigenvalue weighted by molar-refractivity contribution is 0.0690. The van der Waals surface area contributed by atoms with Gasteiger partial charge >= 0.3 is 5.97 Å². The molecular formula is C16H16N6O2. The summed E-state index contributed by atoms with van der Waals surface area (Å²) in [7, 11) is 0. The van der Waals surface area contributed by atoms with E-state index in [0.29, 0.717) is 5.95 Å². The molecule has 2 aromatic heterocycles. The summed E-state index contributed by atoms with van der Waals surface area (Å²) in [5, 5.41) is 17.3. The summed E-state index contributed by atoms with van der Waals surface area (Å²) < 4.78 is 0. The topological polar surface area (TPSA) is 98.2 Å². The molecule has 1 fully saturated rings. The molecule has 122 valence electrons. The highest BCUT2D eigenvalue weighted by molar-refractivity contribution is 5.91. The molecule has 0 radical (unpaired) electrons. The Morgan fingerprint density at radius 3 is 2.71 bits per heavy atom. The molecule has 0 amide bonds. The van der Waals surface area contributed by atoms with E-state index < -0.39 is 5.97 Å². The van der Waals surface area contributed by atoms with Crippen LogP contribution in [-0.2, 0) is 0 Å². The lowest BCUT2D eigenvalue weighted by Gasteiger charge is -2.36. The van der Waals surface area contributed by atoms with Crippen LogP contribution in [0.15, 0.2) is 36.7 Å². The second-order valence-electron chi connectivity index (χ2n) is 5.63. The van der Waals surface area contributed by atoms with Crippen molar-refractivity contribution < 1.29 is 9.90 Å². The number of aromatic amines is 1. The van der Waals surface area contributed by atoms with Crippen molar-refractivity contribution in [3.63, 3.8) is 0 Å². The highest BCUT2D eigenvalue weighted by Gasteiger charge is 2.21. The molecule has 8 nitrogen and oxygen atoms in total. The minimum absolute atomic E-state index is 0.0191. The second-order valence-corrected chi connectivity index (χ2v) is 5.63. The van der Waals surface area contributed by atoms with Crippen LogP contribution in [0.3, 0.4) is 0 Å². The Balaban J connectivity index is 1.52. The molecule has 0 aliphatic carbocycles. The van der Waals surface area contributed by atoms with Gasteiger partial charge in [0.2, 0.25) is 5.95 Å². The van der Waals surface area contributed by atoms with Gasteiger partial charge in [-0.3, -0.25) is 5.10 Å². The number of nitrogens with one attached hydrogen (secondary N) is 1. The van der Waals surface area contributed by atoms with Gasteiger partial charge in [-0.15, -0.1) is 0 Å². The van der Waals surface area contributed by atoms with Crippen LogP contribution >= 0.6 is 0 Å². The van der Waals surface area contributed by atoms with Gasteiger partial charge in [-0.05, 0) is 18.2 Å². The third-order valence-corrected chi connectivity index (χ3v) is 4.23. The lowest BCUT2D eigenvalue weighted by Crippen LogP contribution is -2.47. The number of nitrogens with zero attached hydrogens (tertiary/aromatic N) is 5. The van der Waals surface area contributed by atoms with Crippen molar-refractivity contribution in [2.75, 3.05) is 36.0 Å². The third kappa shape index (κ3) is 2.51. The summed E-state index contributed by atoms with van der Waals surface area (Å²) in [6, 6.07) is 7.52. The SMILES string of the molecule is O=C(O)c1ccnc(N2CCN(c3cccc4[nH]ncc34)CC2)n1. The fourth-order valence-corrected chi connectivity index (χ4v) is 3.00. The number of hydrogen-bond donors (Lipinski definition) is 2. The Kier molecular flexibility index (Phi) is 3.49. The Bertz CT molecular complexity index is 885. The first-order chi connectivity index (χ1) is 11.7. The first-order valence-electron chi connectivity index (χ1n) is 7.71. The third-order valence-electron chi connectivity index (χ3n) is 4.23. The van der Waals surface area contributed by atoms with Gasteiger partial charge < -0.3 is 14.9 Å². The van der Waals surface area contributed by atoms with Crippen LogP contribution < -0.4 is 9.80 Å². The summed E-state index contributed by atoms with van der Waals surface area (Å²) in [5.41, 5.74) is 2.19. The van der Waals surface area contributed by atoms with E-state index in [2.05, 4.69) is 31.1 Å². The molecule has 4 rings (SSSR count). The van der Waals surface area contributed by atoms with Crippen LogP contribution in [0.25, 0.3) is 10.9 Å². The minimum atomic E-state index is -1.04. The number of anilines is 2. The fraction of sp³-hybridized carbons (Fsp3) is 0.250. The van der Waals surface area contributed by atoms with Gasteiger partial charge in [0, 0.05) is 43.4 Å². The van der Waals surface area contributed by atoms with Crippen LogP contribution in [-0.4, -0.2) is 57.4 Å². The second kappa shape index (κ2) is 5.80. The number of carboxylic acids is 1. The number of fused-ring (bicyclic) bond motifs is 1. The number of hydrogen-bond acceptors (Lipinski definition) is 6. The first-order valence-corrected chi connectivity index (χ1v) is 7.71. The lowest BCUT2D eigenvalue weighted by atomic mass is 10.2. The summed E-state index contributed by atoms with van der Waals surface area (Å²) in [5.74, 6) is -0.569. The monoisotopic (exact) mass is 324 g/mol. The van der Waals surface area contributed by atoms with E-state index in [0.717, 1.165) is 42.8 Å². The van der Waals surface area contributed by atoms with Gasteiger partial charge in [0.25, 0.3) is 0 Å². The number of carbonyl (C=O) groups is 1. The number of piperazine rings is 1. The summed E-state index contributed by atoms with van der Waals surface area (Å²) in [6.45, 7) is 3.09. The molecule has 1 aliphatic rings. The van der Waals surface area contributed by atoms with E-state index in [4.69, 9.17) is 5.11 Å². The number of rotatable bonds is 3. The highest BCUT2D eigenvalue weighted by atomic mass is 16.4. The Morgan fingerprint density at radius 1 is 1.12 bits per heavy atom. The zero-order valence-electron chi connectivity index (χ0n) is 12.9. The van der Waals surface area contributed by atoms with Crippen molar-refractivity contribution in [3.05, 3.63) is 42.4 Å². The van der Waals surface area contributed by atoms with Crippen LogP contribution in [0, 0.1) is 0 Å². The summed E-state index contributed by atoms with van der Waals surface area (Å²) in [6.07, 6.45) is 3.33. The quantitative estimate of drug-likeness (QED) is 0.751. The number of carboxylic acid groups (broad SMARTS) is 1. The standard InChI is InChI=1S/C16H16N6O2/c23-15(24)13-4-5-17-16(19-13)22-8-6-21(7-9-22)14-3-1-2-12-11(14)10-18-20-12/h1-5,10H,6-9H2,(H,18,20)(H,23,24). The zero-order chi connectivity index (χ0) is 16.5. The molecule has 0 spiro atoms. The molecule has 3 heterocycles. The molecule has 0 atom stereocenters. The largest absolute Gasteiger partial charge is 0.477 e. The van der Waals surface area contributed by atoms with E-state index in [1.54, 1.807) is 0 Å². The van der Waals surface area contributed by atoms with Gasteiger partial charge in [-0.25, -0.2) is 14.8 Å². The fourth-order valence-electron chi connectivity index (χ4n) is 3.00. The molecule has 1 aliphatic heterocycles. The van der Waals surface area contributed by atoms with Gasteiger partial charge in [-0.1, -0.05) is 6.07 Å². The van der Waals surface area contributed by atoms with Crippen molar-refractivity contribution in [2.24, 2.45) is 0 Å². The average Bonchev–Trinajstić information content (AvgIpc) is 3.11. The van der Waals surface area contributed by atoms with E-state index in [-0.39, 0.29) is 5.69 Å². The summed E-state index contributed by atoms with van der Waals surface area (Å²) >= 11 is 0. The predicted molar refractivity (Wildman–Crippen MR) is 89.5 cm³/mol. The van der Waals surface area contributed by atoms with Crippen molar-refractivity contribution in [3.8, 4) is 0 Å². The molecule has 0 unspecified atom stereocenters. The smallest absolute Gasteiger partial charge is 0.354 e. The molecule has 8 heteroatoms. The molecule has 24 heavy (non-hydrogen) atoms. The number of aromatic nitrogens is 4. The number of H-pyrrole nitrogens is 1. The van der Waals surface area contributed by atoms with Crippen molar-refractivity contribution >= 4 is 28.5 Å². The van der Waals surface area contributed by atoms with Crippen LogP contribution in [0.1, 0.15) is 10.5 Å². The molecule has 3 aromatic rings. The van der Waals surface area contributed by atoms with Gasteiger partial charge in [0.05, 0.1) is 11.7 Å². The molecule has 1 saturated heterocycles. The molecule has 1 aromatic carbocycles. The van der Waals surface area contributed by atoms with Gasteiger partial charge in [-0.2, -0.15) is 5.10 Å². The maximum atomic E-state index is 11.0. The van der Waals surface area contributed by atoms with E-state index >= 15 is 0 Å².